The van der Waals surface area contributed by atoms with Crippen molar-refractivity contribution in [3.05, 3.63) is 71.3 Å². The van der Waals surface area contributed by atoms with Gasteiger partial charge in [0.25, 0.3) is 5.91 Å². The number of benzene rings is 1. The van der Waals surface area contributed by atoms with Gasteiger partial charge in [0.2, 0.25) is 0 Å². The standard InChI is InChI=1S/C16H10ClF3N4O/c17-10-1-3-12(4-2-10)24-14(16(18,19)20)13(9-22-24)15(25)23-11-5-7-21-8-6-11/h1-9H,(H,21,23,25). The highest BCUT2D eigenvalue weighted by atomic mass is 35.5. The molecule has 0 unspecified atom stereocenters. The van der Waals surface area contributed by atoms with Crippen LogP contribution in [0.2, 0.25) is 5.02 Å². The van der Waals surface area contributed by atoms with Gasteiger partial charge in [-0.2, -0.15) is 18.3 Å². The van der Waals surface area contributed by atoms with Gasteiger partial charge in [0, 0.05) is 23.1 Å². The summed E-state index contributed by atoms with van der Waals surface area (Å²) in [5, 5.41) is 6.49. The topological polar surface area (TPSA) is 59.8 Å². The van der Waals surface area contributed by atoms with Crippen LogP contribution in [0.3, 0.4) is 0 Å². The van der Waals surface area contributed by atoms with Crippen LogP contribution in [0.5, 0.6) is 0 Å². The largest absolute Gasteiger partial charge is 0.434 e. The zero-order valence-corrected chi connectivity index (χ0v) is 13.2. The molecule has 3 rings (SSSR count). The summed E-state index contributed by atoms with van der Waals surface area (Å²) < 4.78 is 41.3. The molecule has 0 saturated heterocycles. The van der Waals surface area contributed by atoms with Crippen molar-refractivity contribution in [3.8, 4) is 5.69 Å². The Morgan fingerprint density at radius 3 is 2.32 bits per heavy atom. The first-order chi connectivity index (χ1) is 11.9. The Morgan fingerprint density at radius 1 is 1.08 bits per heavy atom. The summed E-state index contributed by atoms with van der Waals surface area (Å²) in [7, 11) is 0. The Balaban J connectivity index is 2.03. The molecular formula is C16H10ClF3N4O. The van der Waals surface area contributed by atoms with E-state index in [-0.39, 0.29) is 5.69 Å². The zero-order valence-electron chi connectivity index (χ0n) is 12.5. The molecule has 0 atom stereocenters. The number of alkyl halides is 3. The number of carbonyl (C=O) groups is 1. The van der Waals surface area contributed by atoms with E-state index < -0.39 is 23.3 Å². The van der Waals surface area contributed by atoms with Crippen molar-refractivity contribution in [1.29, 1.82) is 0 Å². The first-order valence-corrected chi connectivity index (χ1v) is 7.36. The molecular weight excluding hydrogens is 357 g/mol. The number of nitrogens with zero attached hydrogens (tertiary/aromatic N) is 3. The van der Waals surface area contributed by atoms with E-state index >= 15 is 0 Å². The lowest BCUT2D eigenvalue weighted by Crippen LogP contribution is -2.20. The second-order valence-electron chi connectivity index (χ2n) is 4.98. The molecule has 0 aliphatic carbocycles. The molecule has 5 nitrogen and oxygen atoms in total. The van der Waals surface area contributed by atoms with E-state index in [2.05, 4.69) is 15.4 Å². The molecule has 0 radical (unpaired) electrons. The van der Waals surface area contributed by atoms with Gasteiger partial charge in [0.1, 0.15) is 0 Å². The first kappa shape index (κ1) is 17.0. The third kappa shape index (κ3) is 3.63. The minimum Gasteiger partial charge on any atom is -0.322 e. The van der Waals surface area contributed by atoms with Gasteiger partial charge in [-0.25, -0.2) is 4.68 Å². The van der Waals surface area contributed by atoms with Crippen LogP contribution in [-0.2, 0) is 6.18 Å². The van der Waals surface area contributed by atoms with Gasteiger partial charge >= 0.3 is 6.18 Å². The SMILES string of the molecule is O=C(Nc1ccncc1)c1cnn(-c2ccc(Cl)cc2)c1C(F)(F)F. The number of amides is 1. The molecule has 0 aliphatic rings. The third-order valence-electron chi connectivity index (χ3n) is 3.29. The molecule has 9 heteroatoms. The van der Waals surface area contributed by atoms with Crippen LogP contribution in [0.1, 0.15) is 16.1 Å². The first-order valence-electron chi connectivity index (χ1n) is 6.99. The minimum absolute atomic E-state index is 0.139. The van der Waals surface area contributed by atoms with Crippen molar-refractivity contribution in [2.24, 2.45) is 0 Å². The van der Waals surface area contributed by atoms with Crippen LogP contribution < -0.4 is 5.32 Å². The zero-order chi connectivity index (χ0) is 18.0. The van der Waals surface area contributed by atoms with Crippen molar-refractivity contribution in [3.63, 3.8) is 0 Å². The maximum Gasteiger partial charge on any atom is 0.434 e. The second-order valence-corrected chi connectivity index (χ2v) is 5.42. The molecule has 25 heavy (non-hydrogen) atoms. The molecule has 0 saturated carbocycles. The van der Waals surface area contributed by atoms with Gasteiger partial charge in [-0.05, 0) is 36.4 Å². The van der Waals surface area contributed by atoms with Gasteiger partial charge in [-0.1, -0.05) is 11.6 Å². The number of halogens is 4. The molecule has 0 spiro atoms. The Hall–Kier alpha value is -2.87. The highest BCUT2D eigenvalue weighted by molar-refractivity contribution is 6.30. The number of pyridine rings is 1. The van der Waals surface area contributed by atoms with Crippen LogP contribution in [0.4, 0.5) is 18.9 Å². The van der Waals surface area contributed by atoms with Gasteiger partial charge in [0.05, 0.1) is 17.4 Å². The van der Waals surface area contributed by atoms with Crippen LogP contribution in [0.25, 0.3) is 5.69 Å². The van der Waals surface area contributed by atoms with Gasteiger partial charge in [-0.3, -0.25) is 9.78 Å². The van der Waals surface area contributed by atoms with Gasteiger partial charge in [-0.15, -0.1) is 0 Å². The Labute approximate surface area is 145 Å². The lowest BCUT2D eigenvalue weighted by molar-refractivity contribution is -0.143. The number of aromatic nitrogens is 3. The Morgan fingerprint density at radius 2 is 1.72 bits per heavy atom. The molecule has 0 bridgehead atoms. The molecule has 1 aromatic carbocycles. The summed E-state index contributed by atoms with van der Waals surface area (Å²) in [4.78, 5) is 16.0. The van der Waals surface area contributed by atoms with Gasteiger partial charge in [0.15, 0.2) is 5.69 Å². The Kier molecular flexibility index (Phi) is 4.45. The molecule has 2 heterocycles. The molecule has 1 N–H and O–H groups in total. The fourth-order valence-electron chi connectivity index (χ4n) is 2.20. The van der Waals surface area contributed by atoms with Crippen LogP contribution in [0, 0.1) is 0 Å². The van der Waals surface area contributed by atoms with Crippen LogP contribution >= 0.6 is 11.6 Å². The summed E-state index contributed by atoms with van der Waals surface area (Å²) in [5.41, 5.74) is -1.28. The van der Waals surface area contributed by atoms with Crippen molar-refractivity contribution >= 4 is 23.2 Å². The number of anilines is 1. The average Bonchev–Trinajstić information content (AvgIpc) is 3.02. The van der Waals surface area contributed by atoms with Crippen molar-refractivity contribution in [1.82, 2.24) is 14.8 Å². The van der Waals surface area contributed by atoms with Crippen LogP contribution in [0.15, 0.2) is 55.0 Å². The Bertz CT molecular complexity index is 892. The maximum atomic E-state index is 13.5. The number of nitrogens with one attached hydrogen (secondary N) is 1. The minimum atomic E-state index is -4.78. The predicted octanol–water partition coefficient (Wildman–Crippen LogP) is 4.19. The molecule has 0 aliphatic heterocycles. The van der Waals surface area contributed by atoms with E-state index in [9.17, 15) is 18.0 Å². The maximum absolute atomic E-state index is 13.5. The monoisotopic (exact) mass is 366 g/mol. The second kappa shape index (κ2) is 6.56. The lowest BCUT2D eigenvalue weighted by atomic mass is 10.2. The summed E-state index contributed by atoms with van der Waals surface area (Å²) in [6, 6.07) is 8.58. The molecule has 2 aromatic heterocycles. The summed E-state index contributed by atoms with van der Waals surface area (Å²) >= 11 is 5.75. The normalized spacial score (nSPS) is 11.4. The molecule has 1 amide bonds. The number of hydrogen-bond donors (Lipinski definition) is 1. The molecule has 3 aromatic rings. The van der Waals surface area contributed by atoms with Crippen molar-refractivity contribution in [2.45, 2.75) is 6.18 Å². The third-order valence-corrected chi connectivity index (χ3v) is 3.54. The van der Waals surface area contributed by atoms with Crippen LogP contribution in [-0.4, -0.2) is 20.7 Å². The summed E-state index contributed by atoms with van der Waals surface area (Å²) in [6.45, 7) is 0. The average molecular weight is 367 g/mol. The fraction of sp³-hybridized carbons (Fsp3) is 0.0625. The summed E-state index contributed by atoms with van der Waals surface area (Å²) in [6.07, 6.45) is -1.07. The summed E-state index contributed by atoms with van der Waals surface area (Å²) in [5.74, 6) is -0.918. The number of hydrogen-bond acceptors (Lipinski definition) is 3. The van der Waals surface area contributed by atoms with E-state index in [0.717, 1.165) is 6.20 Å². The van der Waals surface area contributed by atoms with Crippen molar-refractivity contribution < 1.29 is 18.0 Å². The predicted molar refractivity (Wildman–Crippen MR) is 85.8 cm³/mol. The van der Waals surface area contributed by atoms with Gasteiger partial charge < -0.3 is 5.32 Å². The quantitative estimate of drug-likeness (QED) is 0.756. The molecule has 128 valence electrons. The number of rotatable bonds is 3. The molecule has 0 fully saturated rings. The van der Waals surface area contributed by atoms with E-state index in [4.69, 9.17) is 11.6 Å². The lowest BCUT2D eigenvalue weighted by Gasteiger charge is -2.13. The van der Waals surface area contributed by atoms with E-state index in [1.54, 1.807) is 0 Å². The van der Waals surface area contributed by atoms with E-state index in [1.165, 1.54) is 48.8 Å². The van der Waals surface area contributed by atoms with E-state index in [1.807, 2.05) is 0 Å². The van der Waals surface area contributed by atoms with Crippen molar-refractivity contribution in [2.75, 3.05) is 5.32 Å². The highest BCUT2D eigenvalue weighted by Crippen LogP contribution is 2.34. The highest BCUT2D eigenvalue weighted by Gasteiger charge is 2.40. The number of carbonyl (C=O) groups excluding carboxylic acids is 1. The van der Waals surface area contributed by atoms with E-state index in [0.29, 0.717) is 15.4 Å². The fourth-order valence-corrected chi connectivity index (χ4v) is 2.33. The smallest absolute Gasteiger partial charge is 0.322 e.